The van der Waals surface area contributed by atoms with Crippen LogP contribution in [0.25, 0.3) is 124 Å². The zero-order valence-electron chi connectivity index (χ0n) is 33.9. The van der Waals surface area contributed by atoms with Crippen molar-refractivity contribution >= 4 is 84.8 Å². The van der Waals surface area contributed by atoms with Gasteiger partial charge in [-0.05, 0) is 59.2 Å². The molecule has 3 nitrogen and oxygen atoms in total. The van der Waals surface area contributed by atoms with Crippen LogP contribution in [0.4, 0.5) is 0 Å². The molecule has 9 aromatic carbocycles. The highest BCUT2D eigenvalue weighted by molar-refractivity contribution is 7.27. The molecule has 0 atom stereocenters. The number of rotatable bonds is 6. The van der Waals surface area contributed by atoms with E-state index in [1.54, 1.807) is 0 Å². The van der Waals surface area contributed by atoms with Crippen LogP contribution in [0.2, 0.25) is 0 Å². The smallest absolute Gasteiger partial charge is 0.160 e. The fraction of sp³-hybridized carbons (Fsp3) is 0. The van der Waals surface area contributed by atoms with Crippen molar-refractivity contribution < 1.29 is 0 Å². The zero-order chi connectivity index (χ0) is 41.4. The van der Waals surface area contributed by atoms with Crippen LogP contribution < -0.4 is 0 Å². The lowest BCUT2D eigenvalue weighted by Gasteiger charge is -2.14. The maximum Gasteiger partial charge on any atom is 0.160 e. The van der Waals surface area contributed by atoms with Crippen LogP contribution in [0.5, 0.6) is 0 Å². The molecule has 294 valence electrons. The van der Waals surface area contributed by atoms with Gasteiger partial charge in [-0.1, -0.05) is 170 Å². The average Bonchev–Trinajstić information content (AvgIpc) is 4.04. The molecule has 4 aromatic heterocycles. The predicted octanol–water partition coefficient (Wildman–Crippen LogP) is 16.6. The third-order valence-corrected chi connectivity index (χ3v) is 14.8. The summed E-state index contributed by atoms with van der Waals surface area (Å²) in [6.45, 7) is 0. The molecule has 0 saturated carbocycles. The molecule has 0 radical (unpaired) electrons. The second kappa shape index (κ2) is 14.5. The van der Waals surface area contributed by atoms with E-state index in [2.05, 4.69) is 205 Å². The highest BCUT2D eigenvalue weighted by Gasteiger charge is 2.21. The van der Waals surface area contributed by atoms with E-state index in [0.29, 0.717) is 5.82 Å². The second-order valence-electron chi connectivity index (χ2n) is 16.1. The van der Waals surface area contributed by atoms with E-state index in [1.165, 1.54) is 78.8 Å². The molecule has 0 bridgehead atoms. The number of hydrogen-bond donors (Lipinski definition) is 0. The number of benzene rings is 9. The van der Waals surface area contributed by atoms with E-state index in [0.717, 1.165) is 39.3 Å². The summed E-state index contributed by atoms with van der Waals surface area (Å²) in [5, 5.41) is 7.72. The summed E-state index contributed by atoms with van der Waals surface area (Å²) < 4.78 is 7.71. The van der Waals surface area contributed by atoms with E-state index in [9.17, 15) is 0 Å². The Bertz CT molecular complexity index is 3830. The highest BCUT2D eigenvalue weighted by atomic mass is 32.1. The lowest BCUT2D eigenvalue weighted by atomic mass is 9.99. The molecule has 4 heterocycles. The van der Waals surface area contributed by atoms with Gasteiger partial charge < -0.3 is 4.57 Å². The SMILES string of the molecule is c1ccc(-c2ccc3c4c5sc6ccccc6c5ccc4n(-c4cc(-c5ccc(-c6nc(-c7ccccc7)cc(-c7ccccc7)n6)cc5)c5sc6ccccc6c5c4)c3c2)cc1. The minimum atomic E-state index is 0.703. The van der Waals surface area contributed by atoms with E-state index in [1.807, 2.05) is 34.8 Å². The van der Waals surface area contributed by atoms with Crippen LogP contribution in [0, 0.1) is 0 Å². The Kier molecular flexibility index (Phi) is 8.26. The molecular weight excluding hydrogens is 803 g/mol. The molecule has 13 rings (SSSR count). The Balaban J connectivity index is 1.03. The molecule has 5 heteroatoms. The van der Waals surface area contributed by atoms with Gasteiger partial charge >= 0.3 is 0 Å². The maximum atomic E-state index is 5.14. The highest BCUT2D eigenvalue weighted by Crippen LogP contribution is 2.47. The number of aromatic nitrogens is 3. The van der Waals surface area contributed by atoms with Gasteiger partial charge in [-0.15, -0.1) is 22.7 Å². The summed E-state index contributed by atoms with van der Waals surface area (Å²) in [7, 11) is 0. The van der Waals surface area contributed by atoms with Crippen molar-refractivity contribution in [1.29, 1.82) is 0 Å². The monoisotopic (exact) mass is 837 g/mol. The van der Waals surface area contributed by atoms with Crippen LogP contribution in [-0.4, -0.2) is 14.5 Å². The third kappa shape index (κ3) is 5.93. The van der Waals surface area contributed by atoms with Crippen molar-refractivity contribution in [2.24, 2.45) is 0 Å². The molecular formula is C58H35N3S2. The topological polar surface area (TPSA) is 30.7 Å². The lowest BCUT2D eigenvalue weighted by Crippen LogP contribution is -1.96. The van der Waals surface area contributed by atoms with Crippen molar-refractivity contribution in [3.8, 4) is 61.8 Å². The van der Waals surface area contributed by atoms with Crippen LogP contribution in [0.3, 0.4) is 0 Å². The zero-order valence-corrected chi connectivity index (χ0v) is 35.5. The average molecular weight is 838 g/mol. The Morgan fingerprint density at radius 2 is 0.873 bits per heavy atom. The van der Waals surface area contributed by atoms with Gasteiger partial charge in [-0.3, -0.25) is 0 Å². The standard InChI is InChI=1S/C58H35N3S2/c1-4-14-36(15-5-1)41-28-29-46-52(32-41)61(51-31-30-45-43-20-10-12-22-53(43)63-57(45)55(46)51)42-33-47(56-48(34-42)44-21-11-13-23-54(44)62-56)37-24-26-40(27-25-37)58-59-49(38-16-6-2-7-17-38)35-50(60-58)39-18-8-3-9-19-39/h1-35H. The van der Waals surface area contributed by atoms with Crippen molar-refractivity contribution in [3.63, 3.8) is 0 Å². The van der Waals surface area contributed by atoms with Crippen LogP contribution >= 0.6 is 22.7 Å². The number of fused-ring (bicyclic) bond motifs is 10. The van der Waals surface area contributed by atoms with Crippen molar-refractivity contribution in [2.45, 2.75) is 0 Å². The molecule has 0 aliphatic heterocycles. The van der Waals surface area contributed by atoms with Gasteiger partial charge in [0.2, 0.25) is 0 Å². The largest absolute Gasteiger partial charge is 0.309 e. The quantitative estimate of drug-likeness (QED) is 0.167. The van der Waals surface area contributed by atoms with E-state index >= 15 is 0 Å². The van der Waals surface area contributed by atoms with Gasteiger partial charge in [0.15, 0.2) is 5.82 Å². The summed E-state index contributed by atoms with van der Waals surface area (Å²) in [6.07, 6.45) is 0. The summed E-state index contributed by atoms with van der Waals surface area (Å²) in [6, 6.07) is 76.6. The minimum Gasteiger partial charge on any atom is -0.309 e. The minimum absolute atomic E-state index is 0.703. The predicted molar refractivity (Wildman–Crippen MR) is 269 cm³/mol. The fourth-order valence-corrected chi connectivity index (χ4v) is 11.9. The second-order valence-corrected chi connectivity index (χ2v) is 18.2. The van der Waals surface area contributed by atoms with Gasteiger partial charge in [0.25, 0.3) is 0 Å². The first kappa shape index (κ1) is 36.0. The Morgan fingerprint density at radius 1 is 0.333 bits per heavy atom. The molecule has 0 saturated heterocycles. The molecule has 13 aromatic rings. The molecule has 0 aliphatic rings. The first-order valence-corrected chi connectivity index (χ1v) is 22.9. The third-order valence-electron chi connectivity index (χ3n) is 12.4. The van der Waals surface area contributed by atoms with Gasteiger partial charge in [-0.25, -0.2) is 9.97 Å². The number of nitrogens with zero attached hydrogens (tertiary/aromatic N) is 3. The molecule has 0 fully saturated rings. The van der Waals surface area contributed by atoms with Crippen molar-refractivity contribution in [2.75, 3.05) is 0 Å². The molecule has 0 aliphatic carbocycles. The first-order chi connectivity index (χ1) is 31.2. The molecule has 0 N–H and O–H groups in total. The van der Waals surface area contributed by atoms with Crippen LogP contribution in [0.15, 0.2) is 212 Å². The van der Waals surface area contributed by atoms with Crippen molar-refractivity contribution in [1.82, 2.24) is 14.5 Å². The van der Waals surface area contributed by atoms with E-state index in [4.69, 9.17) is 9.97 Å². The number of hydrogen-bond acceptors (Lipinski definition) is 4. The van der Waals surface area contributed by atoms with Crippen molar-refractivity contribution in [3.05, 3.63) is 212 Å². The van der Waals surface area contributed by atoms with E-state index < -0.39 is 0 Å². The molecule has 0 amide bonds. The summed E-state index contributed by atoms with van der Waals surface area (Å²) in [5.74, 6) is 0.703. The fourth-order valence-electron chi connectivity index (χ4n) is 9.42. The molecule has 0 unspecified atom stereocenters. The Labute approximate surface area is 371 Å². The summed E-state index contributed by atoms with van der Waals surface area (Å²) >= 11 is 3.77. The van der Waals surface area contributed by atoms with Crippen LogP contribution in [0.1, 0.15) is 0 Å². The van der Waals surface area contributed by atoms with Crippen LogP contribution in [-0.2, 0) is 0 Å². The molecule has 0 spiro atoms. The van der Waals surface area contributed by atoms with Gasteiger partial charge in [-0.2, -0.15) is 0 Å². The summed E-state index contributed by atoms with van der Waals surface area (Å²) in [4.78, 5) is 10.3. The number of thiophene rings is 2. The normalized spacial score (nSPS) is 11.8. The lowest BCUT2D eigenvalue weighted by molar-refractivity contribution is 1.18. The van der Waals surface area contributed by atoms with Gasteiger partial charge in [0.05, 0.1) is 22.4 Å². The Morgan fingerprint density at radius 3 is 1.54 bits per heavy atom. The maximum absolute atomic E-state index is 5.14. The van der Waals surface area contributed by atoms with E-state index in [-0.39, 0.29) is 0 Å². The summed E-state index contributed by atoms with van der Waals surface area (Å²) in [5.41, 5.74) is 13.2. The van der Waals surface area contributed by atoms with Gasteiger partial charge in [0.1, 0.15) is 0 Å². The molecule has 63 heavy (non-hydrogen) atoms. The first-order valence-electron chi connectivity index (χ1n) is 21.2. The Hall–Kier alpha value is -7.70. The van der Waals surface area contributed by atoms with Gasteiger partial charge in [0, 0.05) is 79.1 Å².